The standard InChI is InChI=1S/C13H19NO2.ClH/c1-8-5-9(2)11(10(3)6-8)7-12(14)13(15)16-4;/h5-6,12H,7,14H2,1-4H3;1H/t12-;/m0./s1. The fourth-order valence-corrected chi connectivity index (χ4v) is 1.99. The van der Waals surface area contributed by atoms with Gasteiger partial charge in [-0.25, -0.2) is 0 Å². The second-order valence-corrected chi connectivity index (χ2v) is 4.21. The number of esters is 1. The zero-order chi connectivity index (χ0) is 12.3. The minimum Gasteiger partial charge on any atom is -0.468 e. The van der Waals surface area contributed by atoms with Crippen LogP contribution in [0.3, 0.4) is 0 Å². The number of rotatable bonds is 3. The summed E-state index contributed by atoms with van der Waals surface area (Å²) in [5, 5.41) is 0. The SMILES string of the molecule is COC(=O)[C@@H](N)Cc1c(C)cc(C)cc1C.Cl. The van der Waals surface area contributed by atoms with Crippen molar-refractivity contribution in [3.63, 3.8) is 0 Å². The summed E-state index contributed by atoms with van der Waals surface area (Å²) in [7, 11) is 1.36. The molecule has 1 atom stereocenters. The number of aryl methyl sites for hydroxylation is 3. The molecular formula is C13H20ClNO2. The van der Waals surface area contributed by atoms with Gasteiger partial charge in [0.25, 0.3) is 0 Å². The van der Waals surface area contributed by atoms with Crippen molar-refractivity contribution < 1.29 is 9.53 Å². The third-order valence-electron chi connectivity index (χ3n) is 2.77. The topological polar surface area (TPSA) is 52.3 Å². The lowest BCUT2D eigenvalue weighted by Gasteiger charge is -2.14. The van der Waals surface area contributed by atoms with Crippen molar-refractivity contribution >= 4 is 18.4 Å². The van der Waals surface area contributed by atoms with E-state index in [9.17, 15) is 4.79 Å². The smallest absolute Gasteiger partial charge is 0.322 e. The van der Waals surface area contributed by atoms with Crippen molar-refractivity contribution in [3.8, 4) is 0 Å². The zero-order valence-corrected chi connectivity index (χ0v) is 11.6. The van der Waals surface area contributed by atoms with Gasteiger partial charge in [0.1, 0.15) is 6.04 Å². The molecule has 2 N–H and O–H groups in total. The summed E-state index contributed by atoms with van der Waals surface area (Å²) in [6.45, 7) is 6.14. The Bertz CT molecular complexity index is 381. The lowest BCUT2D eigenvalue weighted by atomic mass is 9.95. The van der Waals surface area contributed by atoms with Crippen LogP contribution in [0.4, 0.5) is 0 Å². The fourth-order valence-electron chi connectivity index (χ4n) is 1.99. The molecule has 3 nitrogen and oxygen atoms in total. The van der Waals surface area contributed by atoms with E-state index >= 15 is 0 Å². The van der Waals surface area contributed by atoms with Crippen molar-refractivity contribution in [1.29, 1.82) is 0 Å². The highest BCUT2D eigenvalue weighted by atomic mass is 35.5. The van der Waals surface area contributed by atoms with Crippen LogP contribution in [-0.4, -0.2) is 19.1 Å². The summed E-state index contributed by atoms with van der Waals surface area (Å²) < 4.78 is 4.62. The van der Waals surface area contributed by atoms with E-state index in [0.29, 0.717) is 6.42 Å². The highest BCUT2D eigenvalue weighted by molar-refractivity contribution is 5.85. The lowest BCUT2D eigenvalue weighted by molar-refractivity contribution is -0.142. The summed E-state index contributed by atoms with van der Waals surface area (Å²) in [5.74, 6) is -0.362. The number of methoxy groups -OCH3 is 1. The largest absolute Gasteiger partial charge is 0.468 e. The first kappa shape index (κ1) is 15.9. The minimum atomic E-state index is -0.579. The van der Waals surface area contributed by atoms with Crippen LogP contribution in [0.1, 0.15) is 22.3 Å². The van der Waals surface area contributed by atoms with Gasteiger partial charge < -0.3 is 10.5 Å². The molecule has 0 aromatic heterocycles. The number of carbonyl (C=O) groups is 1. The average molecular weight is 258 g/mol. The van der Waals surface area contributed by atoms with Crippen LogP contribution in [-0.2, 0) is 16.0 Å². The predicted molar refractivity (Wildman–Crippen MR) is 71.6 cm³/mol. The van der Waals surface area contributed by atoms with Gasteiger partial charge in [0.15, 0.2) is 0 Å². The molecule has 1 rings (SSSR count). The van der Waals surface area contributed by atoms with Crippen LogP contribution >= 0.6 is 12.4 Å². The Kier molecular flexibility index (Phi) is 6.21. The number of hydrogen-bond acceptors (Lipinski definition) is 3. The first-order chi connectivity index (χ1) is 7.45. The van der Waals surface area contributed by atoms with Crippen LogP contribution < -0.4 is 5.73 Å². The molecule has 0 heterocycles. The van der Waals surface area contributed by atoms with Gasteiger partial charge in [-0.3, -0.25) is 4.79 Å². The third-order valence-corrected chi connectivity index (χ3v) is 2.77. The molecule has 96 valence electrons. The van der Waals surface area contributed by atoms with Crippen molar-refractivity contribution in [2.45, 2.75) is 33.2 Å². The highest BCUT2D eigenvalue weighted by Crippen LogP contribution is 2.17. The van der Waals surface area contributed by atoms with E-state index in [1.165, 1.54) is 23.8 Å². The Hall–Kier alpha value is -1.06. The number of nitrogens with two attached hydrogens (primary N) is 1. The van der Waals surface area contributed by atoms with Crippen molar-refractivity contribution in [3.05, 3.63) is 34.4 Å². The molecule has 4 heteroatoms. The van der Waals surface area contributed by atoms with Crippen LogP contribution in [0.25, 0.3) is 0 Å². The number of ether oxygens (including phenoxy) is 1. The first-order valence-corrected chi connectivity index (χ1v) is 5.36. The maximum Gasteiger partial charge on any atom is 0.322 e. The van der Waals surface area contributed by atoms with Crippen molar-refractivity contribution in [1.82, 2.24) is 0 Å². The maximum absolute atomic E-state index is 11.3. The molecule has 1 aromatic carbocycles. The molecule has 1 aromatic rings. The monoisotopic (exact) mass is 257 g/mol. The van der Waals surface area contributed by atoms with Gasteiger partial charge in [0.2, 0.25) is 0 Å². The minimum absolute atomic E-state index is 0. The molecule has 0 aliphatic carbocycles. The predicted octanol–water partition coefficient (Wildman–Crippen LogP) is 2.08. The Labute approximate surface area is 109 Å². The van der Waals surface area contributed by atoms with Crippen molar-refractivity contribution in [2.75, 3.05) is 7.11 Å². The van der Waals surface area contributed by atoms with Gasteiger partial charge in [-0.15, -0.1) is 12.4 Å². The van der Waals surface area contributed by atoms with E-state index in [0.717, 1.165) is 5.56 Å². The fraction of sp³-hybridized carbons (Fsp3) is 0.462. The second kappa shape index (κ2) is 6.62. The molecule has 0 saturated carbocycles. The van der Waals surface area contributed by atoms with Gasteiger partial charge in [-0.1, -0.05) is 17.7 Å². The summed E-state index contributed by atoms with van der Waals surface area (Å²) in [6, 6.07) is 3.63. The second-order valence-electron chi connectivity index (χ2n) is 4.21. The van der Waals surface area contributed by atoms with E-state index in [4.69, 9.17) is 5.73 Å². The van der Waals surface area contributed by atoms with E-state index < -0.39 is 6.04 Å². The molecule has 0 bridgehead atoms. The Morgan fingerprint density at radius 3 is 2.18 bits per heavy atom. The highest BCUT2D eigenvalue weighted by Gasteiger charge is 2.16. The number of benzene rings is 1. The first-order valence-electron chi connectivity index (χ1n) is 5.36. The third kappa shape index (κ3) is 4.02. The van der Waals surface area contributed by atoms with Gasteiger partial charge in [0, 0.05) is 0 Å². The Morgan fingerprint density at radius 2 is 1.76 bits per heavy atom. The van der Waals surface area contributed by atoms with E-state index in [1.54, 1.807) is 0 Å². The molecule has 17 heavy (non-hydrogen) atoms. The lowest BCUT2D eigenvalue weighted by Crippen LogP contribution is -2.34. The van der Waals surface area contributed by atoms with Crippen molar-refractivity contribution in [2.24, 2.45) is 5.73 Å². The van der Waals surface area contributed by atoms with Gasteiger partial charge in [-0.2, -0.15) is 0 Å². The number of hydrogen-bond donors (Lipinski definition) is 1. The molecule has 0 saturated heterocycles. The summed E-state index contributed by atoms with van der Waals surface area (Å²) in [4.78, 5) is 11.3. The zero-order valence-electron chi connectivity index (χ0n) is 10.7. The van der Waals surface area contributed by atoms with E-state index in [-0.39, 0.29) is 18.4 Å². The molecule has 0 unspecified atom stereocenters. The van der Waals surface area contributed by atoms with E-state index in [2.05, 4.69) is 23.8 Å². The van der Waals surface area contributed by atoms with Crippen LogP contribution in [0.2, 0.25) is 0 Å². The molecule has 0 aliphatic rings. The molecule has 0 aliphatic heterocycles. The molecule has 0 amide bonds. The molecular weight excluding hydrogens is 238 g/mol. The normalized spacial score (nSPS) is 11.6. The van der Waals surface area contributed by atoms with Crippen LogP contribution in [0.5, 0.6) is 0 Å². The molecule has 0 radical (unpaired) electrons. The van der Waals surface area contributed by atoms with E-state index in [1.807, 2.05) is 13.8 Å². The molecule has 0 fully saturated rings. The summed E-state index contributed by atoms with van der Waals surface area (Å²) in [6.07, 6.45) is 0.532. The van der Waals surface area contributed by atoms with Crippen LogP contribution in [0, 0.1) is 20.8 Å². The summed E-state index contributed by atoms with van der Waals surface area (Å²) in [5.41, 5.74) is 10.5. The van der Waals surface area contributed by atoms with Gasteiger partial charge in [-0.05, 0) is 43.9 Å². The van der Waals surface area contributed by atoms with Gasteiger partial charge >= 0.3 is 5.97 Å². The summed E-state index contributed by atoms with van der Waals surface area (Å²) >= 11 is 0. The average Bonchev–Trinajstić information content (AvgIpc) is 2.21. The van der Waals surface area contributed by atoms with Crippen LogP contribution in [0.15, 0.2) is 12.1 Å². The maximum atomic E-state index is 11.3. The number of carbonyl (C=O) groups excluding carboxylic acids is 1. The number of halogens is 1. The van der Waals surface area contributed by atoms with Gasteiger partial charge in [0.05, 0.1) is 7.11 Å². The Morgan fingerprint density at radius 1 is 1.29 bits per heavy atom. The molecule has 0 spiro atoms. The quantitative estimate of drug-likeness (QED) is 0.844. The Balaban J connectivity index is 0.00000256.